The van der Waals surface area contributed by atoms with E-state index in [1.165, 1.54) is 11.4 Å². The summed E-state index contributed by atoms with van der Waals surface area (Å²) in [7, 11) is 0. The van der Waals surface area contributed by atoms with Gasteiger partial charge in [-0.1, -0.05) is 0 Å². The first kappa shape index (κ1) is 5.71. The molecule has 2 heteroatoms. The first-order valence-corrected chi connectivity index (χ1v) is 3.44. The van der Waals surface area contributed by atoms with Crippen molar-refractivity contribution in [2.45, 2.75) is 19.4 Å². The molecule has 0 radical (unpaired) electrons. The summed E-state index contributed by atoms with van der Waals surface area (Å²) < 4.78 is 0. The Morgan fingerprint density at radius 2 is 2.30 bits per heavy atom. The third-order valence-corrected chi connectivity index (χ3v) is 1.85. The molecule has 0 spiro atoms. The van der Waals surface area contributed by atoms with Crippen LogP contribution in [0.1, 0.15) is 19.5 Å². The molecule has 0 fully saturated rings. The highest BCUT2D eigenvalue weighted by atomic mass is 15.1. The highest BCUT2D eigenvalue weighted by Gasteiger charge is 2.33. The summed E-state index contributed by atoms with van der Waals surface area (Å²) in [4.78, 5) is 4.26. The maximum atomic E-state index is 4.26. The van der Waals surface area contributed by atoms with Crippen LogP contribution in [0.15, 0.2) is 18.3 Å². The molecule has 0 aliphatic carbocycles. The Labute approximate surface area is 60.3 Å². The summed E-state index contributed by atoms with van der Waals surface area (Å²) in [5, 5.41) is 3.30. The first-order chi connectivity index (χ1) is 4.70. The molecule has 1 aromatic rings. The number of pyridine rings is 1. The van der Waals surface area contributed by atoms with Gasteiger partial charge in [0.05, 0.1) is 16.9 Å². The fourth-order valence-electron chi connectivity index (χ4n) is 1.34. The number of hydrogen-bond acceptors (Lipinski definition) is 2. The molecular formula is C8H10N2. The molecule has 0 aromatic carbocycles. The Kier molecular flexibility index (Phi) is 0.862. The van der Waals surface area contributed by atoms with Gasteiger partial charge in [-0.2, -0.15) is 0 Å². The van der Waals surface area contributed by atoms with Crippen LogP contribution in [0.3, 0.4) is 0 Å². The second kappa shape index (κ2) is 1.51. The Balaban J connectivity index is 2.53. The van der Waals surface area contributed by atoms with Gasteiger partial charge < -0.3 is 5.32 Å². The molecule has 0 amide bonds. The van der Waals surface area contributed by atoms with E-state index in [0.29, 0.717) is 0 Å². The zero-order valence-electron chi connectivity index (χ0n) is 6.18. The number of rotatable bonds is 0. The van der Waals surface area contributed by atoms with Gasteiger partial charge in [0.1, 0.15) is 0 Å². The second-order valence-corrected chi connectivity index (χ2v) is 3.15. The van der Waals surface area contributed by atoms with Crippen LogP contribution in [0, 0.1) is 0 Å². The lowest BCUT2D eigenvalue weighted by Gasteiger charge is -2.38. The van der Waals surface area contributed by atoms with E-state index < -0.39 is 0 Å². The van der Waals surface area contributed by atoms with Crippen LogP contribution in [-0.4, -0.2) is 4.98 Å². The van der Waals surface area contributed by atoms with Gasteiger partial charge in [-0.25, -0.2) is 0 Å². The maximum Gasteiger partial charge on any atom is 0.0882 e. The predicted octanol–water partition coefficient (Wildman–Crippen LogP) is 1.74. The molecule has 10 heavy (non-hydrogen) atoms. The van der Waals surface area contributed by atoms with Gasteiger partial charge in [0.2, 0.25) is 0 Å². The summed E-state index contributed by atoms with van der Waals surface area (Å²) in [5.41, 5.74) is 2.44. The Bertz CT molecular complexity index is 266. The molecule has 1 aliphatic rings. The van der Waals surface area contributed by atoms with E-state index >= 15 is 0 Å². The van der Waals surface area contributed by atoms with Gasteiger partial charge in [-0.3, -0.25) is 4.98 Å². The molecule has 2 nitrogen and oxygen atoms in total. The van der Waals surface area contributed by atoms with Crippen LogP contribution in [-0.2, 0) is 5.54 Å². The molecule has 2 heterocycles. The van der Waals surface area contributed by atoms with Crippen LogP contribution in [0.2, 0.25) is 0 Å². The zero-order chi connectivity index (χ0) is 7.19. The fourth-order valence-corrected chi connectivity index (χ4v) is 1.34. The molecule has 2 rings (SSSR count). The average Bonchev–Trinajstić information content (AvgIpc) is 1.86. The van der Waals surface area contributed by atoms with E-state index in [-0.39, 0.29) is 5.54 Å². The van der Waals surface area contributed by atoms with Crippen molar-refractivity contribution in [3.8, 4) is 0 Å². The lowest BCUT2D eigenvalue weighted by Crippen LogP contribution is -2.39. The van der Waals surface area contributed by atoms with Crippen LogP contribution in [0.5, 0.6) is 0 Å². The maximum absolute atomic E-state index is 4.26. The lowest BCUT2D eigenvalue weighted by atomic mass is 9.90. The fraction of sp³-hybridized carbons (Fsp3) is 0.375. The van der Waals surface area contributed by atoms with Crippen LogP contribution >= 0.6 is 0 Å². The van der Waals surface area contributed by atoms with Crippen molar-refractivity contribution in [1.29, 1.82) is 0 Å². The minimum Gasteiger partial charge on any atom is -0.373 e. The Morgan fingerprint density at radius 3 is 2.80 bits per heavy atom. The number of anilines is 1. The third-order valence-electron chi connectivity index (χ3n) is 1.85. The number of nitrogens with zero attached hydrogens (tertiary/aromatic N) is 1. The SMILES string of the molecule is CC1(C)Nc2cccnc21. The van der Waals surface area contributed by atoms with Crippen molar-refractivity contribution in [3.63, 3.8) is 0 Å². The van der Waals surface area contributed by atoms with Crippen LogP contribution < -0.4 is 5.32 Å². The van der Waals surface area contributed by atoms with Crippen molar-refractivity contribution in [2.75, 3.05) is 5.32 Å². The van der Waals surface area contributed by atoms with E-state index in [0.717, 1.165) is 0 Å². The molecule has 1 aliphatic heterocycles. The minimum absolute atomic E-state index is 0.0938. The number of hydrogen-bond donors (Lipinski definition) is 1. The van der Waals surface area contributed by atoms with Gasteiger partial charge in [0, 0.05) is 6.20 Å². The highest BCUT2D eigenvalue weighted by molar-refractivity contribution is 5.62. The molecule has 0 saturated carbocycles. The minimum atomic E-state index is 0.0938. The predicted molar refractivity (Wildman–Crippen MR) is 40.9 cm³/mol. The molecule has 0 bridgehead atoms. The lowest BCUT2D eigenvalue weighted by molar-refractivity contribution is 0.540. The Hall–Kier alpha value is -1.05. The van der Waals surface area contributed by atoms with E-state index in [1.807, 2.05) is 18.3 Å². The normalized spacial score (nSPS) is 18.6. The Morgan fingerprint density at radius 1 is 1.50 bits per heavy atom. The number of aromatic nitrogens is 1. The molecular weight excluding hydrogens is 124 g/mol. The molecule has 52 valence electrons. The van der Waals surface area contributed by atoms with E-state index in [2.05, 4.69) is 24.1 Å². The van der Waals surface area contributed by atoms with Crippen LogP contribution in [0.25, 0.3) is 0 Å². The average molecular weight is 134 g/mol. The van der Waals surface area contributed by atoms with Crippen molar-refractivity contribution in [3.05, 3.63) is 24.0 Å². The van der Waals surface area contributed by atoms with E-state index in [4.69, 9.17) is 0 Å². The number of nitrogens with one attached hydrogen (secondary N) is 1. The molecule has 0 atom stereocenters. The monoisotopic (exact) mass is 134 g/mol. The topological polar surface area (TPSA) is 24.9 Å². The summed E-state index contributed by atoms with van der Waals surface area (Å²) >= 11 is 0. The van der Waals surface area contributed by atoms with Crippen molar-refractivity contribution < 1.29 is 0 Å². The first-order valence-electron chi connectivity index (χ1n) is 3.44. The van der Waals surface area contributed by atoms with Crippen molar-refractivity contribution in [2.24, 2.45) is 0 Å². The molecule has 1 aromatic heterocycles. The number of fused-ring (bicyclic) bond motifs is 1. The van der Waals surface area contributed by atoms with E-state index in [1.54, 1.807) is 0 Å². The van der Waals surface area contributed by atoms with E-state index in [9.17, 15) is 0 Å². The van der Waals surface area contributed by atoms with Gasteiger partial charge in [-0.15, -0.1) is 0 Å². The zero-order valence-corrected chi connectivity index (χ0v) is 6.18. The molecule has 0 saturated heterocycles. The summed E-state index contributed by atoms with van der Waals surface area (Å²) in [6, 6.07) is 3.99. The molecule has 1 N–H and O–H groups in total. The largest absolute Gasteiger partial charge is 0.373 e. The van der Waals surface area contributed by atoms with Gasteiger partial charge in [-0.05, 0) is 26.0 Å². The van der Waals surface area contributed by atoms with Crippen LogP contribution in [0.4, 0.5) is 5.69 Å². The third kappa shape index (κ3) is 0.561. The summed E-state index contributed by atoms with van der Waals surface area (Å²) in [5.74, 6) is 0. The standard InChI is InChI=1S/C8H10N2/c1-8(2)7-6(10-8)4-3-5-9-7/h3-5,10H,1-2H3. The van der Waals surface area contributed by atoms with Gasteiger partial charge in [0.25, 0.3) is 0 Å². The highest BCUT2D eigenvalue weighted by Crippen LogP contribution is 2.38. The van der Waals surface area contributed by atoms with Gasteiger partial charge >= 0.3 is 0 Å². The summed E-state index contributed by atoms with van der Waals surface area (Å²) in [6.07, 6.45) is 1.83. The summed E-state index contributed by atoms with van der Waals surface area (Å²) in [6.45, 7) is 4.25. The van der Waals surface area contributed by atoms with Gasteiger partial charge in [0.15, 0.2) is 0 Å². The second-order valence-electron chi connectivity index (χ2n) is 3.15. The van der Waals surface area contributed by atoms with Crippen molar-refractivity contribution in [1.82, 2.24) is 4.98 Å². The van der Waals surface area contributed by atoms with Crippen molar-refractivity contribution >= 4 is 5.69 Å². The smallest absolute Gasteiger partial charge is 0.0882 e. The quantitative estimate of drug-likeness (QED) is 0.584. The molecule has 0 unspecified atom stereocenters.